The number of imide groups is 1. The zero-order chi connectivity index (χ0) is 31.7. The van der Waals surface area contributed by atoms with Crippen LogP contribution in [0.1, 0.15) is 81.1 Å². The molecule has 0 spiro atoms. The first kappa shape index (κ1) is 33.1. The van der Waals surface area contributed by atoms with E-state index in [1.807, 2.05) is 19.9 Å². The summed E-state index contributed by atoms with van der Waals surface area (Å²) < 4.78 is 0.560. The van der Waals surface area contributed by atoms with E-state index in [0.717, 1.165) is 50.8 Å². The second-order valence-corrected chi connectivity index (χ2v) is 11.0. The van der Waals surface area contributed by atoms with Crippen molar-refractivity contribution in [2.24, 2.45) is 0 Å². The van der Waals surface area contributed by atoms with Gasteiger partial charge in [0.05, 0.1) is 10.1 Å². The minimum absolute atomic E-state index is 0.00817. The van der Waals surface area contributed by atoms with Crippen molar-refractivity contribution >= 4 is 46.8 Å². The van der Waals surface area contributed by atoms with Crippen molar-refractivity contribution < 1.29 is 14.7 Å². The molecule has 2 amide bonds. The highest BCUT2D eigenvalue weighted by molar-refractivity contribution is 7.17. The number of hydrogen-bond donors (Lipinski definition) is 1. The summed E-state index contributed by atoms with van der Waals surface area (Å²) in [7, 11) is 0. The van der Waals surface area contributed by atoms with Gasteiger partial charge in [-0.25, -0.2) is 4.98 Å². The van der Waals surface area contributed by atoms with Crippen molar-refractivity contribution in [2.45, 2.75) is 60.3 Å². The first-order valence-corrected chi connectivity index (χ1v) is 15.5. The summed E-state index contributed by atoms with van der Waals surface area (Å²) in [5.74, 6) is -1.80. The molecule has 10 nitrogen and oxygen atoms in total. The predicted octanol–water partition coefficient (Wildman–Crippen LogP) is 3.70. The Bertz CT molecular complexity index is 1650. The number of unbranched alkanes of at least 4 members (excludes halogenated alkanes) is 2. The van der Waals surface area contributed by atoms with E-state index in [0.29, 0.717) is 33.5 Å². The van der Waals surface area contributed by atoms with Gasteiger partial charge in [0.25, 0.3) is 11.5 Å². The first-order chi connectivity index (χ1) is 20.6. The molecule has 0 bridgehead atoms. The lowest BCUT2D eigenvalue weighted by Gasteiger charge is -2.23. The molecule has 2 aromatic heterocycles. The van der Waals surface area contributed by atoms with Gasteiger partial charge in [0, 0.05) is 43.9 Å². The van der Waals surface area contributed by atoms with Gasteiger partial charge >= 0.3 is 0 Å². The zero-order valence-corrected chi connectivity index (χ0v) is 26.4. The molecule has 3 rings (SSSR count). The van der Waals surface area contributed by atoms with Crippen LogP contribution >= 0.6 is 11.3 Å². The van der Waals surface area contributed by atoms with E-state index in [4.69, 9.17) is 4.98 Å². The highest BCUT2D eigenvalue weighted by atomic mass is 32.1. The molecule has 0 radical (unpaired) electrons. The Morgan fingerprint density at radius 1 is 1.07 bits per heavy atom. The number of carbonyl (C=O) groups excluding carboxylic acids is 2. The topological polar surface area (TPSA) is 123 Å². The quantitative estimate of drug-likeness (QED) is 0.313. The smallest absolute Gasteiger partial charge is 0.280 e. The van der Waals surface area contributed by atoms with Crippen LogP contribution in [0.25, 0.3) is 12.7 Å². The Morgan fingerprint density at radius 2 is 1.67 bits per heavy atom. The lowest BCUT2D eigenvalue weighted by molar-refractivity contribution is -0.117. The molecule has 0 aliphatic carbocycles. The fourth-order valence-corrected chi connectivity index (χ4v) is 5.75. The molecule has 0 fully saturated rings. The Hall–Kier alpha value is -4.43. The SMILES string of the molecule is C=c1c(C#N)c(O)n(N(C(C)=O)C(=O)c2ccccc2)c(=O)/c1=C\c1sc(N(CCCC)CCCC)nc1N(CC)CC. The molecule has 1 aromatic carbocycles. The largest absolute Gasteiger partial charge is 0.492 e. The molecule has 11 heteroatoms. The van der Waals surface area contributed by atoms with Crippen molar-refractivity contribution in [3.63, 3.8) is 0 Å². The lowest BCUT2D eigenvalue weighted by Crippen LogP contribution is -2.56. The van der Waals surface area contributed by atoms with Gasteiger partial charge in [-0.1, -0.05) is 62.8 Å². The normalized spacial score (nSPS) is 11.3. The average molecular weight is 605 g/mol. The number of nitrogens with zero attached hydrogens (tertiary/aromatic N) is 6. The third-order valence-corrected chi connectivity index (χ3v) is 8.14. The highest BCUT2D eigenvalue weighted by Gasteiger charge is 2.28. The Balaban J connectivity index is 2.36. The third-order valence-electron chi connectivity index (χ3n) is 7.09. The fraction of sp³-hybridized carbons (Fsp3) is 0.406. The Labute approximate surface area is 256 Å². The third kappa shape index (κ3) is 7.14. The maximum absolute atomic E-state index is 14.0. The van der Waals surface area contributed by atoms with Gasteiger partial charge in [-0.3, -0.25) is 14.4 Å². The van der Waals surface area contributed by atoms with E-state index >= 15 is 0 Å². The second kappa shape index (κ2) is 15.2. The van der Waals surface area contributed by atoms with Crippen molar-refractivity contribution in [1.29, 1.82) is 5.26 Å². The van der Waals surface area contributed by atoms with Crippen LogP contribution in [0.3, 0.4) is 0 Å². The van der Waals surface area contributed by atoms with E-state index < -0.39 is 23.3 Å². The molecule has 2 heterocycles. The molecule has 3 aromatic rings. The minimum Gasteiger partial charge on any atom is -0.492 e. The highest BCUT2D eigenvalue weighted by Crippen LogP contribution is 2.33. The van der Waals surface area contributed by atoms with Gasteiger partial charge < -0.3 is 14.9 Å². The second-order valence-electron chi connectivity index (χ2n) is 10.0. The number of thiazole rings is 1. The molecule has 0 atom stereocenters. The molecule has 0 saturated carbocycles. The van der Waals surface area contributed by atoms with Gasteiger partial charge in [0.2, 0.25) is 11.8 Å². The number of rotatable bonds is 13. The lowest BCUT2D eigenvalue weighted by atomic mass is 10.1. The van der Waals surface area contributed by atoms with Gasteiger partial charge in [-0.2, -0.15) is 14.9 Å². The molecule has 0 aliphatic rings. The molecular formula is C32H40N6O4S. The van der Waals surface area contributed by atoms with E-state index in [1.54, 1.807) is 24.3 Å². The number of benzene rings is 1. The fourth-order valence-electron chi connectivity index (χ4n) is 4.67. The monoisotopic (exact) mass is 604 g/mol. The number of anilines is 2. The van der Waals surface area contributed by atoms with Crippen LogP contribution in [0.5, 0.6) is 5.88 Å². The molecule has 0 unspecified atom stereocenters. The molecule has 1 N–H and O–H groups in total. The maximum atomic E-state index is 14.0. The summed E-state index contributed by atoms with van der Waals surface area (Å²) in [6.07, 6.45) is 5.70. The molecule has 43 heavy (non-hydrogen) atoms. The van der Waals surface area contributed by atoms with E-state index in [9.17, 15) is 24.8 Å². The summed E-state index contributed by atoms with van der Waals surface area (Å²) in [5.41, 5.74) is -1.06. The summed E-state index contributed by atoms with van der Waals surface area (Å²) in [5, 5.41) is 22.3. The summed E-state index contributed by atoms with van der Waals surface area (Å²) in [4.78, 5) is 50.3. The summed E-state index contributed by atoms with van der Waals surface area (Å²) in [6, 6.07) is 9.82. The van der Waals surface area contributed by atoms with Crippen molar-refractivity contribution in [2.75, 3.05) is 41.0 Å². The van der Waals surface area contributed by atoms with Crippen LogP contribution in [0, 0.1) is 11.3 Å². The maximum Gasteiger partial charge on any atom is 0.280 e. The average Bonchev–Trinajstić information content (AvgIpc) is 3.41. The Morgan fingerprint density at radius 3 is 2.19 bits per heavy atom. The van der Waals surface area contributed by atoms with Crippen LogP contribution in [0.15, 0.2) is 35.1 Å². The standard InChI is InChI=1S/C32H40N6O4S/c1-7-11-18-36(19-12-8-2)32-34-28(35(9-3)10-4)27(43-32)20-25-22(5)26(21-33)31(42)38(30(25)41)37(23(6)39)29(40)24-16-14-13-15-17-24/h13-17,20,42H,5,7-12,18-19H2,1-4,6H3/b25-20-. The number of aromatic hydroxyl groups is 1. The number of nitriles is 1. The van der Waals surface area contributed by atoms with Crippen LogP contribution in [-0.4, -0.2) is 52.8 Å². The molecule has 0 saturated heterocycles. The number of carbonyl (C=O) groups is 2. The first-order valence-electron chi connectivity index (χ1n) is 14.6. The van der Waals surface area contributed by atoms with Gasteiger partial charge in [-0.05, 0) is 44.9 Å². The molecule has 228 valence electrons. The number of pyridine rings is 1. The van der Waals surface area contributed by atoms with Crippen LogP contribution in [0.2, 0.25) is 0 Å². The van der Waals surface area contributed by atoms with Crippen LogP contribution < -0.4 is 30.8 Å². The minimum atomic E-state index is -0.866. The van der Waals surface area contributed by atoms with Crippen molar-refractivity contribution in [3.05, 3.63) is 67.1 Å². The van der Waals surface area contributed by atoms with Crippen molar-refractivity contribution in [3.8, 4) is 11.9 Å². The Kier molecular flexibility index (Phi) is 11.7. The molecular weight excluding hydrogens is 564 g/mol. The van der Waals surface area contributed by atoms with E-state index in [1.165, 1.54) is 23.5 Å². The summed E-state index contributed by atoms with van der Waals surface area (Å²) >= 11 is 1.43. The summed E-state index contributed by atoms with van der Waals surface area (Å²) in [6.45, 7) is 16.4. The zero-order valence-electron chi connectivity index (χ0n) is 25.6. The molecule has 0 aliphatic heterocycles. The van der Waals surface area contributed by atoms with E-state index in [-0.39, 0.29) is 21.6 Å². The van der Waals surface area contributed by atoms with Crippen LogP contribution in [0.4, 0.5) is 10.9 Å². The van der Waals surface area contributed by atoms with Gasteiger partial charge in [-0.15, -0.1) is 0 Å². The van der Waals surface area contributed by atoms with Gasteiger partial charge in [0.15, 0.2) is 5.13 Å². The number of hydrogen-bond acceptors (Lipinski definition) is 9. The van der Waals surface area contributed by atoms with Crippen molar-refractivity contribution in [1.82, 2.24) is 9.66 Å². The number of amides is 2. The van der Waals surface area contributed by atoms with Gasteiger partial charge in [0.1, 0.15) is 17.5 Å². The predicted molar refractivity (Wildman–Crippen MR) is 173 cm³/mol. The number of aromatic nitrogens is 2. The van der Waals surface area contributed by atoms with E-state index in [2.05, 4.69) is 30.2 Å². The van der Waals surface area contributed by atoms with Crippen LogP contribution in [-0.2, 0) is 4.79 Å².